The van der Waals surface area contributed by atoms with Crippen LogP contribution in [0.3, 0.4) is 0 Å². The molecule has 2 amide bonds. The molecule has 1 saturated heterocycles. The Morgan fingerprint density at radius 3 is 2.62 bits per heavy atom. The molecule has 1 aromatic heterocycles. The molecule has 0 spiro atoms. The van der Waals surface area contributed by atoms with Crippen molar-refractivity contribution in [3.8, 4) is 0 Å². The number of alkyl halides is 3. The molecule has 2 heterocycles. The third kappa shape index (κ3) is 3.42. The summed E-state index contributed by atoms with van der Waals surface area (Å²) in [5.41, 5.74) is 4.34. The van der Waals surface area contributed by atoms with Crippen molar-refractivity contribution in [2.75, 3.05) is 6.54 Å². The molecule has 3 N–H and O–H groups in total. The first kappa shape index (κ1) is 18.0. The van der Waals surface area contributed by atoms with E-state index in [0.29, 0.717) is 25.1 Å². The first-order chi connectivity index (χ1) is 12.3. The third-order valence-electron chi connectivity index (χ3n) is 4.44. The zero-order valence-corrected chi connectivity index (χ0v) is 13.7. The van der Waals surface area contributed by atoms with E-state index in [9.17, 15) is 22.8 Å². The summed E-state index contributed by atoms with van der Waals surface area (Å²) >= 11 is 0. The van der Waals surface area contributed by atoms with E-state index in [2.05, 4.69) is 10.2 Å². The zero-order chi connectivity index (χ0) is 18.9. The Hall–Kier alpha value is -2.84. The maximum atomic E-state index is 13.2. The van der Waals surface area contributed by atoms with Gasteiger partial charge in [0.15, 0.2) is 0 Å². The number of nitrogens with two attached hydrogens (primary N) is 1. The van der Waals surface area contributed by atoms with Gasteiger partial charge in [0.05, 0.1) is 22.9 Å². The number of carbonyl (C=O) groups is 2. The van der Waals surface area contributed by atoms with Crippen LogP contribution in [-0.2, 0) is 6.18 Å². The number of likely N-dealkylation sites (tertiary alicyclic amines) is 1. The molecule has 6 nitrogen and oxygen atoms in total. The molecule has 26 heavy (non-hydrogen) atoms. The average molecular weight is 366 g/mol. The van der Waals surface area contributed by atoms with Gasteiger partial charge in [0.1, 0.15) is 5.69 Å². The quantitative estimate of drug-likeness (QED) is 0.875. The Morgan fingerprint density at radius 2 is 1.96 bits per heavy atom. The lowest BCUT2D eigenvalue weighted by Gasteiger charge is -2.35. The van der Waals surface area contributed by atoms with Crippen molar-refractivity contribution in [3.63, 3.8) is 0 Å². The highest BCUT2D eigenvalue weighted by Crippen LogP contribution is 2.36. The molecule has 3 rings (SSSR count). The second-order valence-electron chi connectivity index (χ2n) is 6.13. The van der Waals surface area contributed by atoms with E-state index in [0.717, 1.165) is 12.5 Å². The molecular formula is C17H17F3N4O2. The van der Waals surface area contributed by atoms with Crippen LogP contribution in [-0.4, -0.2) is 33.5 Å². The van der Waals surface area contributed by atoms with E-state index in [4.69, 9.17) is 5.73 Å². The first-order valence-electron chi connectivity index (χ1n) is 8.11. The van der Waals surface area contributed by atoms with Crippen LogP contribution in [0.2, 0.25) is 0 Å². The van der Waals surface area contributed by atoms with E-state index < -0.39 is 29.6 Å². The highest BCUT2D eigenvalue weighted by molar-refractivity contribution is 5.96. The van der Waals surface area contributed by atoms with E-state index in [1.807, 2.05) is 0 Å². The standard InChI is InChI=1S/C17H17F3N4O2/c18-17(19,20)11-6-2-1-5-10(11)16(26)24-8-4-3-7-14(24)12-9-13(15(21)25)23-22-12/h1-2,5-6,9,14H,3-4,7-8H2,(H2,21,25)(H,22,23)/t14-/m1/s1. The minimum absolute atomic E-state index is 0.0219. The lowest BCUT2D eigenvalue weighted by Crippen LogP contribution is -2.39. The maximum absolute atomic E-state index is 13.2. The summed E-state index contributed by atoms with van der Waals surface area (Å²) in [5, 5.41) is 6.47. The number of amides is 2. The largest absolute Gasteiger partial charge is 0.417 e. The number of H-pyrrole nitrogens is 1. The molecule has 9 heteroatoms. The fourth-order valence-electron chi connectivity index (χ4n) is 3.20. The van der Waals surface area contributed by atoms with Gasteiger partial charge in [-0.3, -0.25) is 14.7 Å². The van der Waals surface area contributed by atoms with Gasteiger partial charge in [-0.1, -0.05) is 12.1 Å². The molecule has 1 fully saturated rings. The number of nitrogens with zero attached hydrogens (tertiary/aromatic N) is 2. The Balaban J connectivity index is 1.95. The number of nitrogens with one attached hydrogen (secondary N) is 1. The van der Waals surface area contributed by atoms with Gasteiger partial charge in [-0.05, 0) is 37.5 Å². The van der Waals surface area contributed by atoms with Crippen molar-refractivity contribution in [2.24, 2.45) is 5.73 Å². The highest BCUT2D eigenvalue weighted by Gasteiger charge is 2.38. The molecule has 0 saturated carbocycles. The van der Waals surface area contributed by atoms with Crippen LogP contribution in [0.4, 0.5) is 13.2 Å². The molecule has 2 aromatic rings. The van der Waals surface area contributed by atoms with Crippen molar-refractivity contribution in [2.45, 2.75) is 31.5 Å². The number of hydrogen-bond acceptors (Lipinski definition) is 3. The van der Waals surface area contributed by atoms with Crippen LogP contribution in [0.15, 0.2) is 30.3 Å². The Bertz CT molecular complexity index is 831. The van der Waals surface area contributed by atoms with E-state index >= 15 is 0 Å². The van der Waals surface area contributed by atoms with Crippen molar-refractivity contribution >= 4 is 11.8 Å². The van der Waals surface area contributed by atoms with Crippen molar-refractivity contribution in [1.29, 1.82) is 0 Å². The molecular weight excluding hydrogens is 349 g/mol. The van der Waals surface area contributed by atoms with Gasteiger partial charge in [-0.2, -0.15) is 18.3 Å². The van der Waals surface area contributed by atoms with Gasteiger partial charge in [0.25, 0.3) is 11.8 Å². The van der Waals surface area contributed by atoms with E-state index in [1.54, 1.807) is 0 Å². The number of piperidine rings is 1. The number of benzene rings is 1. The van der Waals surface area contributed by atoms with Gasteiger partial charge in [-0.25, -0.2) is 0 Å². The van der Waals surface area contributed by atoms with Crippen LogP contribution in [0.25, 0.3) is 0 Å². The number of hydrogen-bond donors (Lipinski definition) is 2. The van der Waals surface area contributed by atoms with Gasteiger partial charge in [-0.15, -0.1) is 0 Å². The summed E-state index contributed by atoms with van der Waals surface area (Å²) < 4.78 is 39.7. The molecule has 0 bridgehead atoms. The van der Waals surface area contributed by atoms with Gasteiger partial charge in [0.2, 0.25) is 0 Å². The van der Waals surface area contributed by atoms with Crippen molar-refractivity contribution in [3.05, 3.63) is 52.8 Å². The molecule has 1 aromatic carbocycles. The lowest BCUT2D eigenvalue weighted by atomic mass is 9.96. The fraction of sp³-hybridized carbons (Fsp3) is 0.353. The summed E-state index contributed by atoms with van der Waals surface area (Å²) in [6.45, 7) is 0.320. The Kier molecular flexibility index (Phi) is 4.71. The molecule has 0 unspecified atom stereocenters. The number of halogens is 3. The average Bonchev–Trinajstić information content (AvgIpc) is 3.11. The predicted molar refractivity (Wildman–Crippen MR) is 86.2 cm³/mol. The lowest BCUT2D eigenvalue weighted by molar-refractivity contribution is -0.138. The first-order valence-corrected chi connectivity index (χ1v) is 8.11. The zero-order valence-electron chi connectivity index (χ0n) is 13.7. The van der Waals surface area contributed by atoms with Gasteiger partial charge < -0.3 is 10.6 Å². The Labute approximate surface area is 147 Å². The predicted octanol–water partition coefficient (Wildman–Crippen LogP) is 2.89. The van der Waals surface area contributed by atoms with Gasteiger partial charge in [0, 0.05) is 6.54 Å². The third-order valence-corrected chi connectivity index (χ3v) is 4.44. The summed E-state index contributed by atoms with van der Waals surface area (Å²) in [5.74, 6) is -1.42. The monoisotopic (exact) mass is 366 g/mol. The second-order valence-corrected chi connectivity index (χ2v) is 6.13. The van der Waals surface area contributed by atoms with Crippen molar-refractivity contribution in [1.82, 2.24) is 15.1 Å². The summed E-state index contributed by atoms with van der Waals surface area (Å²) in [6.07, 6.45) is -2.57. The van der Waals surface area contributed by atoms with Crippen molar-refractivity contribution < 1.29 is 22.8 Å². The molecule has 0 radical (unpaired) electrons. The summed E-state index contributed by atoms with van der Waals surface area (Å²) in [4.78, 5) is 25.5. The van der Waals surface area contributed by atoms with Crippen LogP contribution < -0.4 is 5.73 Å². The number of carbonyl (C=O) groups excluding carboxylic acids is 2. The number of rotatable bonds is 3. The smallest absolute Gasteiger partial charge is 0.364 e. The normalized spacial score (nSPS) is 18.0. The van der Waals surface area contributed by atoms with Gasteiger partial charge >= 0.3 is 6.18 Å². The van der Waals surface area contributed by atoms with Crippen LogP contribution >= 0.6 is 0 Å². The second kappa shape index (κ2) is 6.81. The maximum Gasteiger partial charge on any atom is 0.417 e. The SMILES string of the molecule is NC(=O)c1cc([C@H]2CCCCN2C(=O)c2ccccc2C(F)(F)F)[nH]n1. The minimum atomic E-state index is -4.62. The molecule has 138 valence electrons. The van der Waals surface area contributed by atoms with Crippen LogP contribution in [0, 0.1) is 0 Å². The Morgan fingerprint density at radius 1 is 1.23 bits per heavy atom. The molecule has 1 aliphatic rings. The van der Waals surface area contributed by atoms with E-state index in [-0.39, 0.29) is 11.3 Å². The fourth-order valence-corrected chi connectivity index (χ4v) is 3.20. The number of aromatic nitrogens is 2. The van der Waals surface area contributed by atoms with Crippen LogP contribution in [0.5, 0.6) is 0 Å². The molecule has 1 aliphatic heterocycles. The van der Waals surface area contributed by atoms with Crippen LogP contribution in [0.1, 0.15) is 57.4 Å². The number of aromatic amines is 1. The summed E-state index contributed by atoms with van der Waals surface area (Å²) in [7, 11) is 0. The van der Waals surface area contributed by atoms with E-state index in [1.165, 1.54) is 29.2 Å². The number of primary amides is 1. The topological polar surface area (TPSA) is 92.1 Å². The highest BCUT2D eigenvalue weighted by atomic mass is 19.4. The minimum Gasteiger partial charge on any atom is -0.364 e. The molecule has 1 atom stereocenters. The summed E-state index contributed by atoms with van der Waals surface area (Å²) in [6, 6.07) is 5.68. The molecule has 0 aliphatic carbocycles.